The number of hydrogen-bond acceptors (Lipinski definition) is 5. The number of ether oxygens (including phenoxy) is 1. The van der Waals surface area contributed by atoms with Crippen molar-refractivity contribution in [3.8, 4) is 5.75 Å². The lowest BCUT2D eigenvalue weighted by Gasteiger charge is -2.34. The number of carbonyl (C=O) groups is 1. The molecular formula is C24H28ClN5O2. The van der Waals surface area contributed by atoms with Crippen LogP contribution in [0.2, 0.25) is 5.02 Å². The quantitative estimate of drug-likeness (QED) is 0.609. The number of rotatable bonds is 7. The molecule has 32 heavy (non-hydrogen) atoms. The molecule has 8 heteroatoms. The van der Waals surface area contributed by atoms with E-state index in [1.807, 2.05) is 48.8 Å². The van der Waals surface area contributed by atoms with Crippen LogP contribution in [0.4, 0.5) is 4.79 Å². The second kappa shape index (κ2) is 9.02. The molecule has 3 atom stereocenters. The molecule has 3 heterocycles. The van der Waals surface area contributed by atoms with Gasteiger partial charge in [-0.1, -0.05) is 49.2 Å². The predicted octanol–water partition coefficient (Wildman–Crippen LogP) is 4.39. The van der Waals surface area contributed by atoms with Crippen molar-refractivity contribution in [1.82, 2.24) is 25.8 Å². The molecule has 3 unspecified atom stereocenters. The number of hydrogen-bond donors (Lipinski definition) is 2. The van der Waals surface area contributed by atoms with Gasteiger partial charge in [-0.15, -0.1) is 0 Å². The molecule has 2 amide bonds. The molecule has 3 aliphatic rings. The molecule has 7 nitrogen and oxygen atoms in total. The fourth-order valence-electron chi connectivity index (χ4n) is 4.45. The normalized spacial score (nSPS) is 24.1. The molecule has 2 saturated heterocycles. The van der Waals surface area contributed by atoms with Crippen LogP contribution in [-0.4, -0.2) is 39.8 Å². The second-order valence-corrected chi connectivity index (χ2v) is 8.87. The molecule has 0 spiro atoms. The lowest BCUT2D eigenvalue weighted by atomic mass is 10.00. The Bertz CT molecular complexity index is 981. The third-order valence-corrected chi connectivity index (χ3v) is 6.49. The maximum absolute atomic E-state index is 13.0. The summed E-state index contributed by atoms with van der Waals surface area (Å²) >= 11 is 5.99. The fourth-order valence-corrected chi connectivity index (χ4v) is 4.58. The molecule has 5 rings (SSSR count). The van der Waals surface area contributed by atoms with Gasteiger partial charge in [0, 0.05) is 17.4 Å². The SMILES string of the molecule is CCCCOc1ccc(C2CC3C4NN(Cc5ccc(Cl)cc5)C(=O)N4C=CN3N2)cc1. The van der Waals surface area contributed by atoms with Crippen molar-refractivity contribution in [3.05, 3.63) is 77.1 Å². The Kier molecular flexibility index (Phi) is 5.95. The number of halogens is 1. The molecule has 2 fully saturated rings. The number of hydrazine groups is 2. The van der Waals surface area contributed by atoms with Gasteiger partial charge in [-0.2, -0.15) is 0 Å². The number of nitrogens with zero attached hydrogens (tertiary/aromatic N) is 3. The fraction of sp³-hybridized carbons (Fsp3) is 0.375. The maximum Gasteiger partial charge on any atom is 0.340 e. The van der Waals surface area contributed by atoms with Crippen LogP contribution in [0.3, 0.4) is 0 Å². The zero-order valence-electron chi connectivity index (χ0n) is 18.1. The van der Waals surface area contributed by atoms with E-state index in [4.69, 9.17) is 16.3 Å². The van der Waals surface area contributed by atoms with Gasteiger partial charge >= 0.3 is 6.03 Å². The van der Waals surface area contributed by atoms with Gasteiger partial charge in [0.25, 0.3) is 0 Å². The first-order valence-electron chi connectivity index (χ1n) is 11.2. The monoisotopic (exact) mass is 453 g/mol. The number of amides is 2. The average Bonchev–Trinajstić information content (AvgIpc) is 3.38. The summed E-state index contributed by atoms with van der Waals surface area (Å²) in [6, 6.07) is 16.2. The van der Waals surface area contributed by atoms with E-state index in [0.717, 1.165) is 37.2 Å². The van der Waals surface area contributed by atoms with Gasteiger partial charge in [-0.3, -0.25) is 9.91 Å². The Morgan fingerprint density at radius 1 is 1.06 bits per heavy atom. The summed E-state index contributed by atoms with van der Waals surface area (Å²) in [7, 11) is 0. The van der Waals surface area contributed by atoms with Crippen LogP contribution in [0, 0.1) is 0 Å². The van der Waals surface area contributed by atoms with E-state index in [1.54, 1.807) is 9.91 Å². The molecule has 0 radical (unpaired) electrons. The number of unbranched alkanes of at least 4 members (excludes halogenated alkanes) is 1. The van der Waals surface area contributed by atoms with E-state index < -0.39 is 0 Å². The second-order valence-electron chi connectivity index (χ2n) is 8.44. The summed E-state index contributed by atoms with van der Waals surface area (Å²) in [6.45, 7) is 3.40. The van der Waals surface area contributed by atoms with E-state index in [0.29, 0.717) is 11.6 Å². The highest BCUT2D eigenvalue weighted by atomic mass is 35.5. The Hall–Kier alpha value is -2.74. The van der Waals surface area contributed by atoms with Crippen molar-refractivity contribution in [3.63, 3.8) is 0 Å². The van der Waals surface area contributed by atoms with E-state index in [2.05, 4.69) is 34.9 Å². The van der Waals surface area contributed by atoms with E-state index >= 15 is 0 Å². The Balaban J connectivity index is 1.24. The third kappa shape index (κ3) is 4.16. The summed E-state index contributed by atoms with van der Waals surface area (Å²) in [6.07, 6.45) is 6.76. The lowest BCUT2D eigenvalue weighted by Crippen LogP contribution is -2.53. The van der Waals surface area contributed by atoms with E-state index in [-0.39, 0.29) is 24.3 Å². The molecule has 2 aromatic rings. The molecule has 168 valence electrons. The summed E-state index contributed by atoms with van der Waals surface area (Å²) in [5.41, 5.74) is 9.22. The van der Waals surface area contributed by atoms with Crippen LogP contribution in [0.25, 0.3) is 0 Å². The average molecular weight is 454 g/mol. The summed E-state index contributed by atoms with van der Waals surface area (Å²) < 4.78 is 5.79. The summed E-state index contributed by atoms with van der Waals surface area (Å²) in [5, 5.41) is 4.48. The molecule has 3 aliphatic heterocycles. The smallest absolute Gasteiger partial charge is 0.340 e. The van der Waals surface area contributed by atoms with Crippen LogP contribution in [0.15, 0.2) is 60.9 Å². The molecule has 0 aromatic heterocycles. The third-order valence-electron chi connectivity index (χ3n) is 6.23. The van der Waals surface area contributed by atoms with Crippen molar-refractivity contribution in [2.75, 3.05) is 6.61 Å². The van der Waals surface area contributed by atoms with Gasteiger partial charge in [0.05, 0.1) is 25.2 Å². The van der Waals surface area contributed by atoms with Gasteiger partial charge in [0.2, 0.25) is 0 Å². The van der Waals surface area contributed by atoms with Crippen LogP contribution < -0.4 is 15.6 Å². The molecule has 0 aliphatic carbocycles. The molecule has 2 N–H and O–H groups in total. The number of carbonyl (C=O) groups excluding carboxylic acids is 1. The minimum atomic E-state index is -0.117. The highest BCUT2D eigenvalue weighted by Gasteiger charge is 2.48. The van der Waals surface area contributed by atoms with Crippen LogP contribution in [-0.2, 0) is 6.54 Å². The largest absolute Gasteiger partial charge is 0.494 e. The molecule has 0 saturated carbocycles. The number of benzene rings is 2. The highest BCUT2D eigenvalue weighted by molar-refractivity contribution is 6.30. The summed E-state index contributed by atoms with van der Waals surface area (Å²) in [4.78, 5) is 14.7. The minimum absolute atomic E-state index is 0.0436. The van der Waals surface area contributed by atoms with E-state index in [9.17, 15) is 4.79 Å². The van der Waals surface area contributed by atoms with Crippen molar-refractivity contribution in [2.24, 2.45) is 0 Å². The molecule has 0 bridgehead atoms. The first-order valence-corrected chi connectivity index (χ1v) is 11.6. The highest BCUT2D eigenvalue weighted by Crippen LogP contribution is 2.35. The Morgan fingerprint density at radius 3 is 2.59 bits per heavy atom. The number of urea groups is 1. The van der Waals surface area contributed by atoms with Gasteiger partial charge in [-0.25, -0.2) is 15.6 Å². The maximum atomic E-state index is 13.0. The Morgan fingerprint density at radius 2 is 1.84 bits per heavy atom. The van der Waals surface area contributed by atoms with Crippen LogP contribution >= 0.6 is 11.6 Å². The van der Waals surface area contributed by atoms with Crippen LogP contribution in [0.5, 0.6) is 5.75 Å². The zero-order chi connectivity index (χ0) is 22.1. The summed E-state index contributed by atoms with van der Waals surface area (Å²) in [5.74, 6) is 0.907. The van der Waals surface area contributed by atoms with Crippen molar-refractivity contribution >= 4 is 17.6 Å². The molecule has 2 aromatic carbocycles. The van der Waals surface area contributed by atoms with Crippen LogP contribution in [0.1, 0.15) is 43.4 Å². The first-order chi connectivity index (χ1) is 15.6. The van der Waals surface area contributed by atoms with Crippen molar-refractivity contribution < 1.29 is 9.53 Å². The first kappa shape index (κ1) is 21.1. The standard InChI is InChI=1S/C24H28ClN5O2/c1-2-3-14-32-20-10-6-18(7-11-20)21-15-22-23-27-30(16-17-4-8-19(25)9-5-17)24(31)28(23)12-13-29(22)26-21/h4-13,21-23,26-27H,2-3,14-16H2,1H3. The van der Waals surface area contributed by atoms with Gasteiger partial charge in [0.1, 0.15) is 11.9 Å². The van der Waals surface area contributed by atoms with Crippen molar-refractivity contribution in [2.45, 2.75) is 51.0 Å². The van der Waals surface area contributed by atoms with Gasteiger partial charge < -0.3 is 9.75 Å². The van der Waals surface area contributed by atoms with E-state index in [1.165, 1.54) is 5.56 Å². The van der Waals surface area contributed by atoms with Crippen molar-refractivity contribution in [1.29, 1.82) is 0 Å². The number of nitrogens with one attached hydrogen (secondary N) is 2. The lowest BCUT2D eigenvalue weighted by molar-refractivity contribution is 0.132. The van der Waals surface area contributed by atoms with Gasteiger partial charge in [0.15, 0.2) is 0 Å². The Labute approximate surface area is 193 Å². The number of fused-ring (bicyclic) bond motifs is 3. The predicted molar refractivity (Wildman–Crippen MR) is 123 cm³/mol. The van der Waals surface area contributed by atoms with Gasteiger partial charge in [-0.05, 0) is 48.2 Å². The minimum Gasteiger partial charge on any atom is -0.494 e. The molecular weight excluding hydrogens is 426 g/mol. The zero-order valence-corrected chi connectivity index (χ0v) is 18.8. The topological polar surface area (TPSA) is 60.1 Å².